The van der Waals surface area contributed by atoms with Crippen molar-refractivity contribution in [3.05, 3.63) is 0 Å². The second kappa shape index (κ2) is 10.6. The Morgan fingerprint density at radius 3 is 1.69 bits per heavy atom. The van der Waals surface area contributed by atoms with Gasteiger partial charge in [0.2, 0.25) is 17.7 Å². The Morgan fingerprint density at radius 1 is 0.769 bits per heavy atom. The standard InChI is InChI=1S/C14H21N3O9/c1-3-9(18)16-7(4-10(19)20)13(24)15-6(2)12(23)17-8(14(25)26)5-11(21)22/h6-8H,3-5H2,1-2H3,(H,15,24)(H,16,18)(H,17,23)(H,19,20)(H,21,22)(H,25,26)/t6-,7-,8-/m0/s1. The molecule has 0 rings (SSSR count). The second-order valence-corrected chi connectivity index (χ2v) is 5.30. The van der Waals surface area contributed by atoms with Crippen LogP contribution in [0.25, 0.3) is 0 Å². The van der Waals surface area contributed by atoms with Gasteiger partial charge in [0.15, 0.2) is 0 Å². The summed E-state index contributed by atoms with van der Waals surface area (Å²) in [5.41, 5.74) is 0. The zero-order valence-electron chi connectivity index (χ0n) is 14.1. The molecular weight excluding hydrogens is 354 g/mol. The summed E-state index contributed by atoms with van der Waals surface area (Å²) in [5, 5.41) is 32.6. The van der Waals surface area contributed by atoms with Gasteiger partial charge in [-0.15, -0.1) is 0 Å². The minimum atomic E-state index is -1.70. The molecule has 12 heteroatoms. The number of carboxylic acids is 3. The quantitative estimate of drug-likeness (QED) is 0.234. The van der Waals surface area contributed by atoms with Crippen LogP contribution >= 0.6 is 0 Å². The van der Waals surface area contributed by atoms with E-state index in [1.54, 1.807) is 0 Å². The summed E-state index contributed by atoms with van der Waals surface area (Å²) in [7, 11) is 0. The maximum Gasteiger partial charge on any atom is 0.326 e. The number of carbonyl (C=O) groups is 6. The SMILES string of the molecule is CCC(=O)N[C@@H](CC(=O)O)C(=O)N[C@@H](C)C(=O)N[C@@H](CC(=O)O)C(=O)O. The van der Waals surface area contributed by atoms with Gasteiger partial charge in [0.1, 0.15) is 18.1 Å². The van der Waals surface area contributed by atoms with Gasteiger partial charge in [0.25, 0.3) is 0 Å². The van der Waals surface area contributed by atoms with Gasteiger partial charge in [0.05, 0.1) is 12.8 Å². The van der Waals surface area contributed by atoms with Crippen molar-refractivity contribution in [1.29, 1.82) is 0 Å². The predicted octanol–water partition coefficient (Wildman–Crippen LogP) is -2.10. The summed E-state index contributed by atoms with van der Waals surface area (Å²) in [4.78, 5) is 67.6. The van der Waals surface area contributed by atoms with Crippen molar-refractivity contribution in [2.45, 2.75) is 51.2 Å². The molecule has 0 aliphatic heterocycles. The Morgan fingerprint density at radius 2 is 1.27 bits per heavy atom. The summed E-state index contributed by atoms with van der Waals surface area (Å²) in [6.45, 7) is 2.68. The fraction of sp³-hybridized carbons (Fsp3) is 0.571. The minimum absolute atomic E-state index is 0.00885. The molecule has 0 heterocycles. The third-order valence-electron chi connectivity index (χ3n) is 3.10. The Labute approximate surface area is 147 Å². The number of carboxylic acid groups (broad SMARTS) is 3. The maximum atomic E-state index is 12.1. The van der Waals surface area contributed by atoms with Crippen molar-refractivity contribution in [2.24, 2.45) is 0 Å². The third-order valence-corrected chi connectivity index (χ3v) is 3.10. The van der Waals surface area contributed by atoms with Gasteiger partial charge in [-0.25, -0.2) is 4.79 Å². The summed E-state index contributed by atoms with van der Waals surface area (Å²) in [5.74, 6) is -6.89. The average molecular weight is 375 g/mol. The van der Waals surface area contributed by atoms with Gasteiger partial charge in [-0.3, -0.25) is 24.0 Å². The third kappa shape index (κ3) is 8.61. The van der Waals surface area contributed by atoms with E-state index in [0.717, 1.165) is 0 Å². The highest BCUT2D eigenvalue weighted by molar-refractivity contribution is 5.95. The van der Waals surface area contributed by atoms with Crippen LogP contribution in [-0.2, 0) is 28.8 Å². The predicted molar refractivity (Wildman–Crippen MR) is 83.9 cm³/mol. The lowest BCUT2D eigenvalue weighted by Crippen LogP contribution is -2.55. The van der Waals surface area contributed by atoms with Crippen LogP contribution in [0.2, 0.25) is 0 Å². The van der Waals surface area contributed by atoms with Crippen LogP contribution in [0, 0.1) is 0 Å². The van der Waals surface area contributed by atoms with E-state index < -0.39 is 66.6 Å². The van der Waals surface area contributed by atoms with Gasteiger partial charge in [-0.05, 0) is 6.92 Å². The van der Waals surface area contributed by atoms with Gasteiger partial charge in [-0.1, -0.05) is 6.92 Å². The first-order chi connectivity index (χ1) is 12.0. The molecule has 0 aromatic heterocycles. The Balaban J connectivity index is 4.93. The molecule has 0 bridgehead atoms. The van der Waals surface area contributed by atoms with Crippen LogP contribution in [0.5, 0.6) is 0 Å². The van der Waals surface area contributed by atoms with Crippen molar-refractivity contribution in [3.8, 4) is 0 Å². The number of rotatable bonds is 11. The zero-order valence-corrected chi connectivity index (χ0v) is 14.1. The van der Waals surface area contributed by atoms with Crippen LogP contribution in [0.15, 0.2) is 0 Å². The van der Waals surface area contributed by atoms with Gasteiger partial charge < -0.3 is 31.3 Å². The molecule has 0 aromatic rings. The number of nitrogens with one attached hydrogen (secondary N) is 3. The van der Waals surface area contributed by atoms with E-state index in [-0.39, 0.29) is 6.42 Å². The molecule has 3 amide bonds. The monoisotopic (exact) mass is 375 g/mol. The summed E-state index contributed by atoms with van der Waals surface area (Å²) in [6.07, 6.45) is -1.58. The summed E-state index contributed by atoms with van der Waals surface area (Å²) < 4.78 is 0. The molecule has 0 fully saturated rings. The van der Waals surface area contributed by atoms with Crippen LogP contribution in [0.1, 0.15) is 33.1 Å². The van der Waals surface area contributed by atoms with E-state index in [1.165, 1.54) is 13.8 Å². The minimum Gasteiger partial charge on any atom is -0.481 e. The molecule has 6 N–H and O–H groups in total. The summed E-state index contributed by atoms with van der Waals surface area (Å²) >= 11 is 0. The number of aliphatic carboxylic acids is 3. The lowest BCUT2D eigenvalue weighted by Gasteiger charge is -2.21. The van der Waals surface area contributed by atoms with Gasteiger partial charge >= 0.3 is 17.9 Å². The van der Waals surface area contributed by atoms with Crippen molar-refractivity contribution in [3.63, 3.8) is 0 Å². The lowest BCUT2D eigenvalue weighted by molar-refractivity contribution is -0.147. The topological polar surface area (TPSA) is 199 Å². The first-order valence-electron chi connectivity index (χ1n) is 7.54. The van der Waals surface area contributed by atoms with E-state index >= 15 is 0 Å². The molecule has 0 spiro atoms. The van der Waals surface area contributed by atoms with Crippen LogP contribution in [-0.4, -0.2) is 69.1 Å². The summed E-state index contributed by atoms with van der Waals surface area (Å²) in [6, 6.07) is -4.42. The molecule has 12 nitrogen and oxygen atoms in total. The van der Waals surface area contributed by atoms with Crippen molar-refractivity contribution < 1.29 is 44.1 Å². The molecule has 0 radical (unpaired) electrons. The molecule has 0 unspecified atom stereocenters. The molecule has 0 saturated carbocycles. The Kier molecular flexibility index (Phi) is 9.34. The fourth-order valence-corrected chi connectivity index (χ4v) is 1.73. The highest BCUT2D eigenvalue weighted by atomic mass is 16.4. The van der Waals surface area contributed by atoms with E-state index in [0.29, 0.717) is 0 Å². The van der Waals surface area contributed by atoms with Crippen molar-refractivity contribution >= 4 is 35.6 Å². The number of hydrogen-bond donors (Lipinski definition) is 6. The number of amides is 3. The van der Waals surface area contributed by atoms with Gasteiger partial charge in [-0.2, -0.15) is 0 Å². The molecular formula is C14H21N3O9. The van der Waals surface area contributed by atoms with Gasteiger partial charge in [0, 0.05) is 6.42 Å². The normalized spacial score (nSPS) is 13.6. The van der Waals surface area contributed by atoms with E-state index in [9.17, 15) is 28.8 Å². The molecule has 146 valence electrons. The highest BCUT2D eigenvalue weighted by Gasteiger charge is 2.29. The van der Waals surface area contributed by atoms with Crippen LogP contribution < -0.4 is 16.0 Å². The first kappa shape index (κ1) is 22.8. The molecule has 0 saturated heterocycles. The highest BCUT2D eigenvalue weighted by Crippen LogP contribution is 1.98. The molecule has 3 atom stereocenters. The molecule has 0 aliphatic rings. The number of hydrogen-bond acceptors (Lipinski definition) is 6. The molecule has 26 heavy (non-hydrogen) atoms. The Bertz CT molecular complexity index is 590. The average Bonchev–Trinajstić information content (AvgIpc) is 2.52. The van der Waals surface area contributed by atoms with Crippen LogP contribution in [0.3, 0.4) is 0 Å². The first-order valence-corrected chi connectivity index (χ1v) is 7.54. The lowest BCUT2D eigenvalue weighted by atomic mass is 10.1. The zero-order chi connectivity index (χ0) is 20.4. The molecule has 0 aromatic carbocycles. The van der Waals surface area contributed by atoms with E-state index in [1.807, 2.05) is 5.32 Å². The van der Waals surface area contributed by atoms with Crippen molar-refractivity contribution in [1.82, 2.24) is 16.0 Å². The van der Waals surface area contributed by atoms with E-state index in [2.05, 4.69) is 10.6 Å². The Hall–Kier alpha value is -3.18. The maximum absolute atomic E-state index is 12.1. The van der Waals surface area contributed by atoms with Crippen LogP contribution in [0.4, 0.5) is 0 Å². The second-order valence-electron chi connectivity index (χ2n) is 5.30. The largest absolute Gasteiger partial charge is 0.481 e. The smallest absolute Gasteiger partial charge is 0.326 e. The molecule has 0 aliphatic carbocycles. The number of carbonyl (C=O) groups excluding carboxylic acids is 3. The van der Waals surface area contributed by atoms with Crippen molar-refractivity contribution in [2.75, 3.05) is 0 Å². The van der Waals surface area contributed by atoms with E-state index in [4.69, 9.17) is 15.3 Å². The fourth-order valence-electron chi connectivity index (χ4n) is 1.73.